The molecule has 0 saturated heterocycles. The number of nitrogens with zero attached hydrogens (tertiary/aromatic N) is 2. The lowest BCUT2D eigenvalue weighted by atomic mass is 9.46. The molecule has 2 saturated carbocycles. The molecule has 5 atom stereocenters. The highest BCUT2D eigenvalue weighted by Gasteiger charge is 2.57. The quantitative estimate of drug-likeness (QED) is 0.225. The zero-order valence-corrected chi connectivity index (χ0v) is 20.6. The van der Waals surface area contributed by atoms with Gasteiger partial charge in [-0.3, -0.25) is 9.82 Å². The molecule has 1 aromatic rings. The van der Waals surface area contributed by atoms with Crippen LogP contribution in [0.15, 0.2) is 47.4 Å². The van der Waals surface area contributed by atoms with Gasteiger partial charge < -0.3 is 9.47 Å². The van der Waals surface area contributed by atoms with Gasteiger partial charge in [-0.25, -0.2) is 4.79 Å². The fourth-order valence-electron chi connectivity index (χ4n) is 7.51. The maximum absolute atomic E-state index is 11.7. The molecule has 6 heteroatoms. The minimum absolute atomic E-state index is 0.167. The first kappa shape index (κ1) is 23.3. The molecule has 4 aliphatic rings. The van der Waals surface area contributed by atoms with Crippen molar-refractivity contribution in [2.45, 2.75) is 58.8 Å². The third-order valence-electron chi connectivity index (χ3n) is 9.28. The molecule has 0 spiro atoms. The van der Waals surface area contributed by atoms with Crippen LogP contribution < -0.4 is 0 Å². The number of carbonyl (C=O) groups is 1. The Hall–Kier alpha value is -2.47. The van der Waals surface area contributed by atoms with Crippen molar-refractivity contribution >= 4 is 17.4 Å². The lowest BCUT2D eigenvalue weighted by Gasteiger charge is -2.58. The largest absolute Gasteiger partial charge is 0.535 e. The zero-order valence-electron chi connectivity index (χ0n) is 20.6. The highest BCUT2D eigenvalue weighted by molar-refractivity contribution is 5.96. The average molecular weight is 465 g/mol. The molecule has 2 fully saturated rings. The molecular formula is C28H36N2O4. The van der Waals surface area contributed by atoms with Crippen molar-refractivity contribution in [2.24, 2.45) is 33.7 Å². The van der Waals surface area contributed by atoms with Crippen LogP contribution in [0.4, 0.5) is 4.79 Å². The lowest BCUT2D eigenvalue weighted by molar-refractivity contribution is -0.0191. The molecule has 34 heavy (non-hydrogen) atoms. The second kappa shape index (κ2) is 9.29. The Morgan fingerprint density at radius 2 is 2.03 bits per heavy atom. The monoisotopic (exact) mass is 464 g/mol. The van der Waals surface area contributed by atoms with Crippen molar-refractivity contribution in [1.82, 2.24) is 4.98 Å². The van der Waals surface area contributed by atoms with Crippen molar-refractivity contribution < 1.29 is 19.1 Å². The van der Waals surface area contributed by atoms with Crippen molar-refractivity contribution in [2.75, 3.05) is 20.3 Å². The minimum atomic E-state index is -0.773. The van der Waals surface area contributed by atoms with E-state index in [0.717, 1.165) is 30.9 Å². The number of methoxy groups -OCH3 is 1. The van der Waals surface area contributed by atoms with Crippen LogP contribution in [0.2, 0.25) is 0 Å². The maximum Gasteiger partial charge on any atom is 0.535 e. The number of allylic oxidation sites excluding steroid dienone is 4. The number of oxime groups is 1. The van der Waals surface area contributed by atoms with E-state index in [1.54, 1.807) is 7.11 Å². The zero-order chi connectivity index (χ0) is 23.8. The fourth-order valence-corrected chi connectivity index (χ4v) is 7.51. The Morgan fingerprint density at radius 3 is 2.82 bits per heavy atom. The lowest BCUT2D eigenvalue weighted by Crippen LogP contribution is -2.49. The first-order valence-corrected chi connectivity index (χ1v) is 12.7. The van der Waals surface area contributed by atoms with Crippen LogP contribution in [-0.2, 0) is 14.3 Å². The van der Waals surface area contributed by atoms with Crippen LogP contribution in [0.3, 0.4) is 0 Å². The summed E-state index contributed by atoms with van der Waals surface area (Å²) in [6.07, 6.45) is 15.7. The van der Waals surface area contributed by atoms with E-state index in [9.17, 15) is 4.79 Å². The SMILES string of the molecule is COCCOC(=O)ON=C1C=C2CC[C@H]3[C@H](CC[C@]4(C)C(c5cccnc5)=CC[C@@H]34)[C@@]2(C)CC1. The predicted molar refractivity (Wildman–Crippen MR) is 131 cm³/mol. The normalized spacial score (nSPS) is 35.5. The molecule has 0 unspecified atom stereocenters. The van der Waals surface area contributed by atoms with E-state index in [1.165, 1.54) is 42.4 Å². The van der Waals surface area contributed by atoms with E-state index < -0.39 is 6.16 Å². The Labute approximate surface area is 202 Å². The van der Waals surface area contributed by atoms with Gasteiger partial charge in [-0.05, 0) is 96.8 Å². The third kappa shape index (κ3) is 4.00. The van der Waals surface area contributed by atoms with E-state index in [0.29, 0.717) is 18.4 Å². The molecule has 0 radical (unpaired) electrons. The first-order valence-electron chi connectivity index (χ1n) is 12.7. The van der Waals surface area contributed by atoms with E-state index >= 15 is 0 Å². The summed E-state index contributed by atoms with van der Waals surface area (Å²) in [4.78, 5) is 21.1. The number of pyridine rings is 1. The number of aromatic nitrogens is 1. The summed E-state index contributed by atoms with van der Waals surface area (Å²) in [5.74, 6) is 2.16. The van der Waals surface area contributed by atoms with Crippen molar-refractivity contribution in [3.8, 4) is 0 Å². The molecule has 0 bridgehead atoms. The molecule has 182 valence electrons. The second-order valence-corrected chi connectivity index (χ2v) is 10.8. The van der Waals surface area contributed by atoms with Crippen LogP contribution in [0.5, 0.6) is 0 Å². The number of hydrogen-bond donors (Lipinski definition) is 0. The number of hydrogen-bond acceptors (Lipinski definition) is 6. The Morgan fingerprint density at radius 1 is 1.15 bits per heavy atom. The maximum atomic E-state index is 11.7. The summed E-state index contributed by atoms with van der Waals surface area (Å²) in [5.41, 5.74) is 5.60. The summed E-state index contributed by atoms with van der Waals surface area (Å²) < 4.78 is 9.81. The molecule has 6 nitrogen and oxygen atoms in total. The van der Waals surface area contributed by atoms with Crippen molar-refractivity contribution in [3.05, 3.63) is 47.8 Å². The van der Waals surface area contributed by atoms with Gasteiger partial charge in [-0.2, -0.15) is 0 Å². The summed E-state index contributed by atoms with van der Waals surface area (Å²) in [6.45, 7) is 5.48. The Kier molecular flexibility index (Phi) is 6.36. The summed E-state index contributed by atoms with van der Waals surface area (Å²) in [5, 5.41) is 4.11. The van der Waals surface area contributed by atoms with Gasteiger partial charge in [0.15, 0.2) is 0 Å². The van der Waals surface area contributed by atoms with Crippen molar-refractivity contribution in [3.63, 3.8) is 0 Å². The standard InChI is InChI=1S/C28H36N2O4/c1-27-12-10-21(30-34-26(31)33-16-15-32-3)17-20(27)6-7-22-24-9-8-23(19-5-4-14-29-18-19)28(24,2)13-11-25(22)27/h4-5,8,14,17-18,22,24-25H,6-7,9-13,15-16H2,1-3H3/t22-,24+,25+,27+,28-/m1/s1. The van der Waals surface area contributed by atoms with Gasteiger partial charge in [0, 0.05) is 19.5 Å². The van der Waals surface area contributed by atoms with Gasteiger partial charge in [0.2, 0.25) is 0 Å². The molecular weight excluding hydrogens is 428 g/mol. The van der Waals surface area contributed by atoms with Crippen LogP contribution in [0.25, 0.3) is 5.57 Å². The molecule has 1 heterocycles. The van der Waals surface area contributed by atoms with Crippen molar-refractivity contribution in [1.29, 1.82) is 0 Å². The second-order valence-electron chi connectivity index (χ2n) is 10.8. The van der Waals surface area contributed by atoms with Crippen LogP contribution in [0, 0.1) is 28.6 Å². The predicted octanol–water partition coefficient (Wildman–Crippen LogP) is 6.19. The van der Waals surface area contributed by atoms with Crippen LogP contribution in [-0.4, -0.2) is 37.2 Å². The molecule has 0 amide bonds. The number of carbonyl (C=O) groups excluding carboxylic acids is 1. The molecule has 5 rings (SSSR count). The minimum Gasteiger partial charge on any atom is -0.430 e. The number of ether oxygens (including phenoxy) is 2. The summed E-state index contributed by atoms with van der Waals surface area (Å²) in [6, 6.07) is 4.28. The number of rotatable bonds is 5. The third-order valence-corrected chi connectivity index (χ3v) is 9.28. The van der Waals surface area contributed by atoms with Gasteiger partial charge in [0.25, 0.3) is 0 Å². The Balaban J connectivity index is 1.30. The smallest absolute Gasteiger partial charge is 0.430 e. The van der Waals surface area contributed by atoms with Gasteiger partial charge >= 0.3 is 6.16 Å². The van der Waals surface area contributed by atoms with Gasteiger partial charge in [-0.1, -0.05) is 36.7 Å². The highest BCUT2D eigenvalue weighted by Crippen LogP contribution is 2.66. The van der Waals surface area contributed by atoms with E-state index in [-0.39, 0.29) is 17.4 Å². The summed E-state index contributed by atoms with van der Waals surface area (Å²) in [7, 11) is 1.56. The molecule has 1 aromatic heterocycles. The topological polar surface area (TPSA) is 70.0 Å². The fraction of sp³-hybridized carbons (Fsp3) is 0.607. The van der Waals surface area contributed by atoms with Crippen LogP contribution in [0.1, 0.15) is 64.4 Å². The number of fused-ring (bicyclic) bond motifs is 5. The van der Waals surface area contributed by atoms with Gasteiger partial charge in [0.05, 0.1) is 12.3 Å². The molecule has 0 aliphatic heterocycles. The van der Waals surface area contributed by atoms with E-state index in [2.05, 4.69) is 48.3 Å². The van der Waals surface area contributed by atoms with Gasteiger partial charge in [0.1, 0.15) is 6.61 Å². The molecule has 0 N–H and O–H groups in total. The summed E-state index contributed by atoms with van der Waals surface area (Å²) >= 11 is 0. The van der Waals surface area contributed by atoms with Gasteiger partial charge in [-0.15, -0.1) is 0 Å². The molecule has 0 aromatic carbocycles. The highest BCUT2D eigenvalue weighted by atomic mass is 16.8. The van der Waals surface area contributed by atoms with E-state index in [1.807, 2.05) is 12.4 Å². The van der Waals surface area contributed by atoms with Crippen LogP contribution >= 0.6 is 0 Å². The molecule has 4 aliphatic carbocycles. The van der Waals surface area contributed by atoms with E-state index in [4.69, 9.17) is 14.3 Å². The Bertz CT molecular complexity index is 1020. The first-order chi connectivity index (χ1) is 16.5. The average Bonchev–Trinajstić information content (AvgIpc) is 3.20.